The lowest BCUT2D eigenvalue weighted by molar-refractivity contribution is -0.123. The van der Waals surface area contributed by atoms with Crippen LogP contribution in [0.25, 0.3) is 0 Å². The molecule has 0 radical (unpaired) electrons. The molecule has 5 nitrogen and oxygen atoms in total. The average Bonchev–Trinajstić information content (AvgIpc) is 2.97. The van der Waals surface area contributed by atoms with E-state index in [0.29, 0.717) is 15.7 Å². The number of hydrogen-bond acceptors (Lipinski definition) is 3. The molecule has 0 spiro atoms. The van der Waals surface area contributed by atoms with Gasteiger partial charge in [0, 0.05) is 11.2 Å². The van der Waals surface area contributed by atoms with Crippen molar-refractivity contribution in [3.05, 3.63) is 52.3 Å². The Labute approximate surface area is 131 Å². The number of rotatable bonds is 4. The van der Waals surface area contributed by atoms with Crippen molar-refractivity contribution in [2.75, 3.05) is 5.32 Å². The average molecular weight is 327 g/mol. The maximum absolute atomic E-state index is 12.0. The molecule has 0 unspecified atom stereocenters. The van der Waals surface area contributed by atoms with Gasteiger partial charge >= 0.3 is 5.97 Å². The van der Waals surface area contributed by atoms with Crippen molar-refractivity contribution in [2.45, 2.75) is 13.0 Å². The lowest BCUT2D eigenvalue weighted by atomic mass is 10.3. The minimum atomic E-state index is -0.976. The highest BCUT2D eigenvalue weighted by Gasteiger charge is 2.20. The fourth-order valence-electron chi connectivity index (χ4n) is 1.56. The van der Waals surface area contributed by atoms with Crippen LogP contribution in [0.3, 0.4) is 0 Å². The third-order valence-electron chi connectivity index (χ3n) is 2.66. The highest BCUT2D eigenvalue weighted by atomic mass is 35.5. The predicted molar refractivity (Wildman–Crippen MR) is 80.8 cm³/mol. The van der Waals surface area contributed by atoms with Crippen LogP contribution in [-0.4, -0.2) is 23.0 Å². The Bertz CT molecular complexity index is 656. The van der Waals surface area contributed by atoms with Crippen molar-refractivity contribution in [2.24, 2.45) is 0 Å². The molecule has 2 aromatic rings. The first kappa shape index (κ1) is 15.4. The van der Waals surface area contributed by atoms with Crippen molar-refractivity contribution in [3.8, 4) is 0 Å². The Morgan fingerprint density at radius 1 is 1.29 bits per heavy atom. The maximum Gasteiger partial charge on any atom is 0.355 e. The molecule has 0 aliphatic rings. The van der Waals surface area contributed by atoms with Crippen LogP contribution < -0.4 is 5.32 Å². The van der Waals surface area contributed by atoms with Crippen LogP contribution in [0.4, 0.5) is 5.69 Å². The number of carbonyl (C=O) groups excluding carboxylic acids is 2. The SMILES string of the molecule is C[C@H](OC(=O)c1ccc[nH]1)C(=O)Nc1cc(Cl)ccc1Cl. The Kier molecular flexibility index (Phi) is 4.88. The van der Waals surface area contributed by atoms with Gasteiger partial charge in [0.05, 0.1) is 10.7 Å². The van der Waals surface area contributed by atoms with Crippen LogP contribution in [0.5, 0.6) is 0 Å². The summed E-state index contributed by atoms with van der Waals surface area (Å²) in [6.45, 7) is 1.47. The summed E-state index contributed by atoms with van der Waals surface area (Å²) in [5, 5.41) is 3.34. The molecular weight excluding hydrogens is 315 g/mol. The largest absolute Gasteiger partial charge is 0.448 e. The molecule has 1 aromatic heterocycles. The van der Waals surface area contributed by atoms with E-state index in [9.17, 15) is 9.59 Å². The van der Waals surface area contributed by atoms with E-state index in [1.54, 1.807) is 30.5 Å². The Balaban J connectivity index is 1.99. The van der Waals surface area contributed by atoms with E-state index >= 15 is 0 Å². The first-order chi connectivity index (χ1) is 9.97. The second-order valence-corrected chi connectivity index (χ2v) is 5.09. The van der Waals surface area contributed by atoms with Crippen LogP contribution >= 0.6 is 23.2 Å². The summed E-state index contributed by atoms with van der Waals surface area (Å²) >= 11 is 11.8. The van der Waals surface area contributed by atoms with Crippen molar-refractivity contribution >= 4 is 40.8 Å². The van der Waals surface area contributed by atoms with Gasteiger partial charge in [-0.15, -0.1) is 0 Å². The number of benzene rings is 1. The van der Waals surface area contributed by atoms with E-state index in [1.807, 2.05) is 0 Å². The van der Waals surface area contributed by atoms with Crippen molar-refractivity contribution in [1.29, 1.82) is 0 Å². The molecule has 7 heteroatoms. The van der Waals surface area contributed by atoms with Gasteiger partial charge in [0.2, 0.25) is 0 Å². The van der Waals surface area contributed by atoms with Gasteiger partial charge in [-0.2, -0.15) is 0 Å². The second kappa shape index (κ2) is 6.65. The molecular formula is C14H12Cl2N2O3. The molecule has 1 atom stereocenters. The van der Waals surface area contributed by atoms with Gasteiger partial charge in [-0.05, 0) is 37.3 Å². The monoisotopic (exact) mass is 326 g/mol. The molecule has 0 fully saturated rings. The lowest BCUT2D eigenvalue weighted by Gasteiger charge is -2.14. The third kappa shape index (κ3) is 4.00. The number of H-pyrrole nitrogens is 1. The zero-order chi connectivity index (χ0) is 15.4. The molecule has 1 heterocycles. The predicted octanol–water partition coefficient (Wildman–Crippen LogP) is 3.51. The van der Waals surface area contributed by atoms with E-state index < -0.39 is 18.0 Å². The van der Waals surface area contributed by atoms with Gasteiger partial charge in [-0.25, -0.2) is 4.79 Å². The lowest BCUT2D eigenvalue weighted by Crippen LogP contribution is -2.30. The second-order valence-electron chi connectivity index (χ2n) is 4.24. The summed E-state index contributed by atoms with van der Waals surface area (Å²) in [5.41, 5.74) is 0.632. The Morgan fingerprint density at radius 3 is 2.71 bits per heavy atom. The number of carbonyl (C=O) groups is 2. The number of halogens is 2. The number of aromatic nitrogens is 1. The summed E-state index contributed by atoms with van der Waals surface area (Å²) in [4.78, 5) is 26.4. The van der Waals surface area contributed by atoms with Crippen molar-refractivity contribution in [3.63, 3.8) is 0 Å². The number of nitrogens with one attached hydrogen (secondary N) is 2. The molecule has 1 amide bonds. The number of esters is 1. The van der Waals surface area contributed by atoms with Gasteiger partial charge in [-0.3, -0.25) is 4.79 Å². The van der Waals surface area contributed by atoms with Crippen molar-refractivity contribution in [1.82, 2.24) is 4.98 Å². The first-order valence-electron chi connectivity index (χ1n) is 6.07. The smallest absolute Gasteiger partial charge is 0.355 e. The summed E-state index contributed by atoms with van der Waals surface area (Å²) in [6.07, 6.45) is 0.614. The highest BCUT2D eigenvalue weighted by molar-refractivity contribution is 6.35. The fraction of sp³-hybridized carbons (Fsp3) is 0.143. The van der Waals surface area contributed by atoms with Gasteiger partial charge in [0.15, 0.2) is 6.10 Å². The van der Waals surface area contributed by atoms with Gasteiger partial charge in [-0.1, -0.05) is 23.2 Å². The standard InChI is InChI=1S/C14H12Cl2N2O3/c1-8(21-14(20)11-3-2-6-17-11)13(19)18-12-7-9(15)4-5-10(12)16/h2-8,17H,1H3,(H,18,19)/t8-/m0/s1. The number of anilines is 1. The Morgan fingerprint density at radius 2 is 2.05 bits per heavy atom. The molecule has 0 aliphatic carbocycles. The van der Waals surface area contributed by atoms with Crippen LogP contribution in [0.15, 0.2) is 36.5 Å². The van der Waals surface area contributed by atoms with E-state index in [1.165, 1.54) is 13.0 Å². The summed E-state index contributed by atoms with van der Waals surface area (Å²) in [6, 6.07) is 7.90. The number of hydrogen-bond donors (Lipinski definition) is 2. The van der Waals surface area contributed by atoms with Gasteiger partial charge in [0.25, 0.3) is 5.91 Å². The normalized spacial score (nSPS) is 11.8. The van der Waals surface area contributed by atoms with Crippen molar-refractivity contribution < 1.29 is 14.3 Å². The van der Waals surface area contributed by atoms with E-state index in [0.717, 1.165) is 0 Å². The quantitative estimate of drug-likeness (QED) is 0.844. The number of ether oxygens (including phenoxy) is 1. The van der Waals surface area contributed by atoms with Gasteiger partial charge in [0.1, 0.15) is 5.69 Å². The highest BCUT2D eigenvalue weighted by Crippen LogP contribution is 2.25. The topological polar surface area (TPSA) is 71.2 Å². The summed E-state index contributed by atoms with van der Waals surface area (Å²) < 4.78 is 5.04. The fourth-order valence-corrected chi connectivity index (χ4v) is 1.90. The Hall–Kier alpha value is -1.98. The minimum absolute atomic E-state index is 0.274. The molecule has 21 heavy (non-hydrogen) atoms. The van der Waals surface area contributed by atoms with Crippen LogP contribution in [0.2, 0.25) is 10.0 Å². The molecule has 2 N–H and O–H groups in total. The minimum Gasteiger partial charge on any atom is -0.448 e. The number of aromatic amines is 1. The first-order valence-corrected chi connectivity index (χ1v) is 6.83. The molecule has 2 rings (SSSR count). The third-order valence-corrected chi connectivity index (χ3v) is 3.22. The zero-order valence-electron chi connectivity index (χ0n) is 11.0. The summed E-state index contributed by atoms with van der Waals surface area (Å²) in [5.74, 6) is -1.11. The van der Waals surface area contributed by atoms with E-state index in [-0.39, 0.29) is 5.69 Å². The molecule has 0 saturated carbocycles. The molecule has 0 aliphatic heterocycles. The molecule has 0 saturated heterocycles. The molecule has 1 aromatic carbocycles. The van der Waals surface area contributed by atoms with Crippen LogP contribution in [0.1, 0.15) is 17.4 Å². The number of amides is 1. The van der Waals surface area contributed by atoms with E-state index in [2.05, 4.69) is 10.3 Å². The van der Waals surface area contributed by atoms with Crippen LogP contribution in [-0.2, 0) is 9.53 Å². The molecule has 110 valence electrons. The zero-order valence-corrected chi connectivity index (χ0v) is 12.5. The van der Waals surface area contributed by atoms with Crippen LogP contribution in [0, 0.1) is 0 Å². The van der Waals surface area contributed by atoms with Gasteiger partial charge < -0.3 is 15.0 Å². The summed E-state index contributed by atoms with van der Waals surface area (Å²) in [7, 11) is 0. The molecule has 0 bridgehead atoms. The van der Waals surface area contributed by atoms with E-state index in [4.69, 9.17) is 27.9 Å². The maximum atomic E-state index is 12.0.